The average molecular weight is 1330 g/mol. The minimum Gasteiger partial charge on any atom is -0.506 e. The Labute approximate surface area is 489 Å². The third-order valence-electron chi connectivity index (χ3n) is 11.2. The number of fused-ring (bicyclic) bond motifs is 3. The second-order valence-corrected chi connectivity index (χ2v) is 23.2. The Kier molecular flexibility index (Phi) is 27.4. The Morgan fingerprint density at radius 1 is 0.684 bits per heavy atom. The minimum atomic E-state index is -4.02. The molecule has 0 aliphatic rings. The first-order valence-corrected chi connectivity index (χ1v) is 29.5. The van der Waals surface area contributed by atoms with Crippen molar-refractivity contribution in [3.63, 3.8) is 0 Å². The lowest BCUT2D eigenvalue weighted by molar-refractivity contribution is 0.0532. The van der Waals surface area contributed by atoms with E-state index in [0.717, 1.165) is 117 Å². The summed E-state index contributed by atoms with van der Waals surface area (Å²) < 4.78 is 79.7. The Balaban J connectivity index is 0.000000224. The first-order chi connectivity index (χ1) is 37.6. The Hall–Kier alpha value is -5.95. The van der Waals surface area contributed by atoms with Crippen molar-refractivity contribution in [2.45, 2.75) is 130 Å². The van der Waals surface area contributed by atoms with E-state index in [1.54, 1.807) is 45.0 Å². The standard InChI is InChI=1S/C20H27FN2O3.C15H19FN2O.C11H12INO.C7H8O3S.C6H6INO/c1-5-6-7-18-23-16-9-8-14(11-17(16)25-18)10-15(12-21)13-22-19(24)26-20(2,3)4;1-2-3-4-15-18-13-6-5-11(8-14(13)19-15)7-12(9-16)10-17;1-2-3-4-11-13-9-6-5-8(12)7-10(9)14-11;1-6-2-4-7(5-3-6)11(8,9)10;7-4-1-2-5(8)6(9)3-4/h8-9,11-12H,5-7,10,13H2,1-4H3,(H,22,24);5-6,8-9H,2-4,7,10,17H2,1H3;5-7H,2-4H2,1H3;2-5H,1H3,(H,8,9,10);1-3,9H,8H2/b15-12-;12-9-;;;. The quantitative estimate of drug-likeness (QED) is 0.0247. The predicted octanol–water partition coefficient (Wildman–Crippen LogP) is 15.2. The van der Waals surface area contributed by atoms with E-state index < -0.39 is 21.8 Å². The zero-order valence-electron chi connectivity index (χ0n) is 45.8. The lowest BCUT2D eigenvalue weighted by atomic mass is 10.1. The van der Waals surface area contributed by atoms with E-state index in [1.807, 2.05) is 61.5 Å². The molecule has 426 valence electrons. The van der Waals surface area contributed by atoms with Crippen molar-refractivity contribution in [2.24, 2.45) is 5.73 Å². The van der Waals surface area contributed by atoms with E-state index in [1.165, 1.54) is 22.1 Å². The Bertz CT molecular complexity index is 3350. The number of carbonyl (C=O) groups excluding carboxylic acids is 1. The zero-order valence-corrected chi connectivity index (χ0v) is 50.9. The van der Waals surface area contributed by atoms with Crippen LogP contribution in [-0.4, -0.2) is 57.8 Å². The molecule has 7 N–H and O–H groups in total. The number of phenols is 1. The summed E-state index contributed by atoms with van der Waals surface area (Å²) in [5, 5.41) is 11.5. The molecule has 0 radical (unpaired) electrons. The summed E-state index contributed by atoms with van der Waals surface area (Å²) in [6.45, 7) is 13.9. The number of aryl methyl sites for hydroxylation is 4. The number of nitrogens with two attached hydrogens (primary N) is 2. The lowest BCUT2D eigenvalue weighted by Crippen LogP contribution is -2.33. The van der Waals surface area contributed by atoms with Crippen molar-refractivity contribution in [2.75, 3.05) is 18.8 Å². The predicted molar refractivity (Wildman–Crippen MR) is 326 cm³/mol. The molecule has 0 saturated carbocycles. The van der Waals surface area contributed by atoms with Gasteiger partial charge in [-0.25, -0.2) is 28.5 Å². The van der Waals surface area contributed by atoms with Gasteiger partial charge in [-0.05, 0) is 200 Å². The number of phenolic OH excluding ortho intramolecular Hbond substituents is 1. The van der Waals surface area contributed by atoms with Crippen LogP contribution in [0.2, 0.25) is 0 Å². The molecule has 3 aromatic heterocycles. The molecule has 8 aromatic rings. The van der Waals surface area contributed by atoms with Crippen molar-refractivity contribution in [3.8, 4) is 5.75 Å². The zero-order chi connectivity index (χ0) is 58.1. The van der Waals surface area contributed by atoms with Gasteiger partial charge in [0.25, 0.3) is 10.1 Å². The number of hydrogen-bond acceptors (Lipinski definition) is 13. The SMILES string of the molecule is CCCCc1nc2ccc(C/C(=C/F)CN)cc2o1.CCCCc1nc2ccc(C/C(=C/F)CNC(=O)OC(C)(C)C)cc2o1.CCCCc1nc2ccc(I)cc2o1.Cc1ccc(S(=O)(=O)O)cc1.Nc1ccc(I)cc1O. The van der Waals surface area contributed by atoms with Gasteiger partial charge < -0.3 is 39.9 Å². The lowest BCUT2D eigenvalue weighted by Gasteiger charge is -2.20. The summed E-state index contributed by atoms with van der Waals surface area (Å²) in [7, 11) is -4.02. The number of nitrogens with zero attached hydrogens (tertiary/aromatic N) is 3. The molecule has 1 amide bonds. The number of unbranched alkanes of at least 4 members (excludes halogenated alkanes) is 3. The Morgan fingerprint density at radius 3 is 1.52 bits per heavy atom. The van der Waals surface area contributed by atoms with Crippen LogP contribution >= 0.6 is 45.2 Å². The van der Waals surface area contributed by atoms with Crippen LogP contribution in [0.4, 0.5) is 19.3 Å². The van der Waals surface area contributed by atoms with E-state index in [2.05, 4.69) is 92.3 Å². The number of carbonyl (C=O) groups is 1. The summed E-state index contributed by atoms with van der Waals surface area (Å²) in [5.41, 5.74) is 19.5. The monoisotopic (exact) mass is 1330 g/mol. The van der Waals surface area contributed by atoms with Crippen molar-refractivity contribution >= 4 is 100 Å². The van der Waals surface area contributed by atoms with Gasteiger partial charge in [-0.2, -0.15) is 8.42 Å². The summed E-state index contributed by atoms with van der Waals surface area (Å²) in [5.74, 6) is 2.52. The highest BCUT2D eigenvalue weighted by Crippen LogP contribution is 2.24. The van der Waals surface area contributed by atoms with E-state index in [4.69, 9.17) is 39.1 Å². The van der Waals surface area contributed by atoms with E-state index >= 15 is 0 Å². The molecule has 20 heteroatoms. The number of amides is 1. The molecule has 0 spiro atoms. The van der Waals surface area contributed by atoms with E-state index in [0.29, 0.717) is 47.9 Å². The first-order valence-electron chi connectivity index (χ1n) is 25.9. The highest BCUT2D eigenvalue weighted by Gasteiger charge is 2.17. The van der Waals surface area contributed by atoms with Gasteiger partial charge >= 0.3 is 6.09 Å². The number of alkyl carbamates (subject to hydrolysis) is 1. The van der Waals surface area contributed by atoms with E-state index in [9.17, 15) is 22.0 Å². The van der Waals surface area contributed by atoms with Gasteiger partial charge in [0.1, 0.15) is 27.9 Å². The molecule has 0 aliphatic carbocycles. The average Bonchev–Trinajstić information content (AvgIpc) is 4.17. The topological polar surface area (TPSA) is 243 Å². The van der Waals surface area contributed by atoms with Gasteiger partial charge in [0.15, 0.2) is 34.4 Å². The van der Waals surface area contributed by atoms with Gasteiger partial charge in [0.05, 0.1) is 23.2 Å². The number of anilines is 1. The fourth-order valence-corrected chi connectivity index (χ4v) is 8.47. The first kappa shape index (κ1) is 65.6. The number of oxazole rings is 3. The smallest absolute Gasteiger partial charge is 0.407 e. The molecule has 0 bridgehead atoms. The molecule has 0 atom stereocenters. The molecule has 79 heavy (non-hydrogen) atoms. The van der Waals surface area contributed by atoms with Crippen molar-refractivity contribution < 1.29 is 49.6 Å². The van der Waals surface area contributed by atoms with E-state index in [-0.39, 0.29) is 23.7 Å². The molecule has 0 aliphatic heterocycles. The van der Waals surface area contributed by atoms with Crippen LogP contribution in [0.25, 0.3) is 33.3 Å². The largest absolute Gasteiger partial charge is 0.506 e. The fraction of sp³-hybridized carbons (Fsp3) is 0.356. The molecular weight excluding hydrogens is 1260 g/mol. The molecule has 8 rings (SSSR count). The summed E-state index contributed by atoms with van der Waals surface area (Å²) in [6.07, 6.45) is 10.7. The number of nitrogen functional groups attached to an aromatic ring is 1. The maximum Gasteiger partial charge on any atom is 0.407 e. The Morgan fingerprint density at radius 2 is 1.11 bits per heavy atom. The van der Waals surface area contributed by atoms with Gasteiger partial charge in [0, 0.05) is 39.5 Å². The van der Waals surface area contributed by atoms with Crippen LogP contribution in [0, 0.1) is 14.1 Å². The van der Waals surface area contributed by atoms with Gasteiger partial charge in [-0.1, -0.05) is 69.9 Å². The van der Waals surface area contributed by atoms with Crippen molar-refractivity contribution in [1.29, 1.82) is 0 Å². The maximum absolute atomic E-state index is 13.2. The number of aromatic hydroxyl groups is 1. The van der Waals surface area contributed by atoms with Crippen LogP contribution in [0.3, 0.4) is 0 Å². The number of hydrogen-bond donors (Lipinski definition) is 5. The molecular formula is C59H72F2I2N6O9S. The number of benzene rings is 5. The summed E-state index contributed by atoms with van der Waals surface area (Å²) >= 11 is 4.38. The van der Waals surface area contributed by atoms with Crippen LogP contribution < -0.4 is 16.8 Å². The van der Waals surface area contributed by atoms with Crippen LogP contribution in [-0.2, 0) is 47.0 Å². The molecule has 0 fully saturated rings. The van der Waals surface area contributed by atoms with Gasteiger partial charge in [0.2, 0.25) is 0 Å². The van der Waals surface area contributed by atoms with Crippen molar-refractivity contribution in [3.05, 3.63) is 162 Å². The second-order valence-electron chi connectivity index (χ2n) is 19.3. The third kappa shape index (κ3) is 23.7. The molecule has 5 aromatic carbocycles. The van der Waals surface area contributed by atoms with Crippen LogP contribution in [0.15, 0.2) is 139 Å². The normalized spacial score (nSPS) is 11.7. The number of aromatic nitrogens is 3. The van der Waals surface area contributed by atoms with Gasteiger partial charge in [-0.15, -0.1) is 0 Å². The molecule has 15 nitrogen and oxygen atoms in total. The highest BCUT2D eigenvalue weighted by molar-refractivity contribution is 14.1. The van der Waals surface area contributed by atoms with Crippen LogP contribution in [0.5, 0.6) is 5.75 Å². The molecule has 0 saturated heterocycles. The molecule has 3 heterocycles. The van der Waals surface area contributed by atoms with Crippen LogP contribution in [0.1, 0.15) is 114 Å². The number of halogens is 4. The number of ether oxygens (including phenoxy) is 1. The minimum absolute atomic E-state index is 0.0666. The summed E-state index contributed by atoms with van der Waals surface area (Å²) in [4.78, 5) is 24.9. The fourth-order valence-electron chi connectivity index (χ4n) is 7.05. The maximum atomic E-state index is 13.2. The van der Waals surface area contributed by atoms with Gasteiger partial charge in [-0.3, -0.25) is 4.55 Å². The second kappa shape index (κ2) is 33.0. The number of nitrogens with one attached hydrogen (secondary N) is 1. The highest BCUT2D eigenvalue weighted by atomic mass is 127. The summed E-state index contributed by atoms with van der Waals surface area (Å²) in [6, 6.07) is 28.6. The van der Waals surface area contributed by atoms with Crippen molar-refractivity contribution in [1.82, 2.24) is 20.3 Å². The third-order valence-corrected chi connectivity index (χ3v) is 13.4. The number of rotatable bonds is 17. The molecule has 0 unspecified atom stereocenters.